The van der Waals surface area contributed by atoms with Crippen LogP contribution in [-0.2, 0) is 6.54 Å². The normalized spacial score (nSPS) is 22.4. The van der Waals surface area contributed by atoms with Gasteiger partial charge < -0.3 is 5.32 Å². The topological polar surface area (TPSA) is 18.5 Å². The van der Waals surface area contributed by atoms with Crippen LogP contribution in [0.15, 0.2) is 18.2 Å². The van der Waals surface area contributed by atoms with Gasteiger partial charge in [-0.1, -0.05) is 12.1 Å². The molecule has 0 unspecified atom stereocenters. The smallest absolute Gasteiger partial charge is 0.163 e. The van der Waals surface area contributed by atoms with Gasteiger partial charge in [-0.3, -0.25) is 9.80 Å². The van der Waals surface area contributed by atoms with Crippen LogP contribution in [0.2, 0.25) is 0 Å². The van der Waals surface area contributed by atoms with Crippen LogP contribution in [0.25, 0.3) is 0 Å². The minimum atomic E-state index is -0.753. The number of nitrogens with one attached hydrogen (secondary N) is 1. The monoisotopic (exact) mass is 267 g/mol. The SMILES string of the molecule is Fc1cccc(CN2CC(N3CCNCC3)C2)c1F. The van der Waals surface area contributed by atoms with Gasteiger partial charge in [0.05, 0.1) is 0 Å². The van der Waals surface area contributed by atoms with Gasteiger partial charge >= 0.3 is 0 Å². The third-order valence-corrected chi connectivity index (χ3v) is 4.03. The van der Waals surface area contributed by atoms with E-state index in [0.717, 1.165) is 39.3 Å². The minimum absolute atomic E-state index is 0.457. The van der Waals surface area contributed by atoms with E-state index in [1.165, 1.54) is 6.07 Å². The van der Waals surface area contributed by atoms with Gasteiger partial charge in [0.2, 0.25) is 0 Å². The van der Waals surface area contributed by atoms with E-state index in [1.54, 1.807) is 12.1 Å². The molecule has 2 saturated heterocycles. The fraction of sp³-hybridized carbons (Fsp3) is 0.571. The lowest BCUT2D eigenvalue weighted by molar-refractivity contribution is 0.0216. The Bertz CT molecular complexity index is 440. The Morgan fingerprint density at radius 1 is 1.16 bits per heavy atom. The largest absolute Gasteiger partial charge is 0.314 e. The Labute approximate surface area is 112 Å². The number of hydrogen-bond acceptors (Lipinski definition) is 3. The second-order valence-electron chi connectivity index (χ2n) is 5.35. The Morgan fingerprint density at radius 2 is 1.89 bits per heavy atom. The first kappa shape index (κ1) is 13.0. The predicted molar refractivity (Wildman–Crippen MR) is 69.9 cm³/mol. The first-order valence-corrected chi connectivity index (χ1v) is 6.84. The Kier molecular flexibility index (Phi) is 3.77. The van der Waals surface area contributed by atoms with E-state index in [-0.39, 0.29) is 0 Å². The summed E-state index contributed by atoms with van der Waals surface area (Å²) >= 11 is 0. The van der Waals surface area contributed by atoms with Crippen molar-refractivity contribution in [1.29, 1.82) is 0 Å². The van der Waals surface area contributed by atoms with E-state index in [9.17, 15) is 8.78 Å². The van der Waals surface area contributed by atoms with Crippen molar-refractivity contribution in [3.8, 4) is 0 Å². The Hall–Kier alpha value is -1.04. The number of benzene rings is 1. The molecule has 5 heteroatoms. The highest BCUT2D eigenvalue weighted by atomic mass is 19.2. The molecule has 19 heavy (non-hydrogen) atoms. The lowest BCUT2D eigenvalue weighted by Gasteiger charge is -2.46. The average molecular weight is 267 g/mol. The number of likely N-dealkylation sites (tertiary alicyclic amines) is 1. The van der Waals surface area contributed by atoms with Gasteiger partial charge in [0.25, 0.3) is 0 Å². The van der Waals surface area contributed by atoms with Crippen molar-refractivity contribution in [2.45, 2.75) is 12.6 Å². The van der Waals surface area contributed by atoms with Crippen LogP contribution in [-0.4, -0.2) is 55.1 Å². The number of piperazine rings is 1. The molecule has 0 aliphatic carbocycles. The maximum Gasteiger partial charge on any atom is 0.163 e. The van der Waals surface area contributed by atoms with Gasteiger partial charge in [-0.05, 0) is 6.07 Å². The summed E-state index contributed by atoms with van der Waals surface area (Å²) in [6.07, 6.45) is 0. The molecule has 0 atom stereocenters. The molecule has 0 saturated carbocycles. The molecule has 2 fully saturated rings. The van der Waals surface area contributed by atoms with Crippen LogP contribution in [0.5, 0.6) is 0 Å². The summed E-state index contributed by atoms with van der Waals surface area (Å²) in [5.74, 6) is -1.45. The molecule has 1 aromatic carbocycles. The molecule has 0 spiro atoms. The molecule has 3 nitrogen and oxygen atoms in total. The first-order chi connectivity index (χ1) is 9.24. The van der Waals surface area contributed by atoms with Crippen molar-refractivity contribution < 1.29 is 8.78 Å². The van der Waals surface area contributed by atoms with Crippen LogP contribution in [0.4, 0.5) is 8.78 Å². The minimum Gasteiger partial charge on any atom is -0.314 e. The molecule has 0 amide bonds. The van der Waals surface area contributed by atoms with Crippen molar-refractivity contribution in [2.75, 3.05) is 39.3 Å². The third kappa shape index (κ3) is 2.78. The van der Waals surface area contributed by atoms with E-state index < -0.39 is 11.6 Å². The molecule has 0 radical (unpaired) electrons. The predicted octanol–water partition coefficient (Wildman–Crippen LogP) is 1.05. The molecule has 0 bridgehead atoms. The quantitative estimate of drug-likeness (QED) is 0.883. The Balaban J connectivity index is 1.52. The fourth-order valence-corrected chi connectivity index (χ4v) is 2.86. The van der Waals surface area contributed by atoms with Crippen molar-refractivity contribution in [1.82, 2.24) is 15.1 Å². The summed E-state index contributed by atoms with van der Waals surface area (Å²) < 4.78 is 26.7. The molecule has 2 aliphatic rings. The molecule has 104 valence electrons. The number of hydrogen-bond donors (Lipinski definition) is 1. The molecular weight excluding hydrogens is 248 g/mol. The summed E-state index contributed by atoms with van der Waals surface area (Å²) in [6, 6.07) is 4.98. The molecule has 2 aliphatic heterocycles. The van der Waals surface area contributed by atoms with E-state index in [1.807, 2.05) is 0 Å². The zero-order valence-corrected chi connectivity index (χ0v) is 10.9. The number of halogens is 2. The highest BCUT2D eigenvalue weighted by molar-refractivity contribution is 5.19. The van der Waals surface area contributed by atoms with Gasteiger partial charge in [-0.25, -0.2) is 8.78 Å². The van der Waals surface area contributed by atoms with Gasteiger partial charge in [0.15, 0.2) is 11.6 Å². The highest BCUT2D eigenvalue weighted by Gasteiger charge is 2.32. The summed E-state index contributed by atoms with van der Waals surface area (Å²) in [7, 11) is 0. The van der Waals surface area contributed by atoms with E-state index in [2.05, 4.69) is 15.1 Å². The molecule has 1 N–H and O–H groups in total. The van der Waals surface area contributed by atoms with E-state index >= 15 is 0 Å². The van der Waals surface area contributed by atoms with Gasteiger partial charge in [0.1, 0.15) is 0 Å². The van der Waals surface area contributed by atoms with Crippen molar-refractivity contribution in [3.05, 3.63) is 35.4 Å². The van der Waals surface area contributed by atoms with Crippen LogP contribution >= 0.6 is 0 Å². The zero-order chi connectivity index (χ0) is 13.2. The molecular formula is C14H19F2N3. The van der Waals surface area contributed by atoms with Crippen molar-refractivity contribution in [2.24, 2.45) is 0 Å². The molecule has 0 aromatic heterocycles. The van der Waals surface area contributed by atoms with Crippen LogP contribution in [0.3, 0.4) is 0 Å². The molecule has 2 heterocycles. The van der Waals surface area contributed by atoms with Crippen molar-refractivity contribution in [3.63, 3.8) is 0 Å². The van der Waals surface area contributed by atoms with Crippen LogP contribution < -0.4 is 5.32 Å². The molecule has 1 aromatic rings. The van der Waals surface area contributed by atoms with E-state index in [0.29, 0.717) is 18.2 Å². The maximum absolute atomic E-state index is 13.6. The highest BCUT2D eigenvalue weighted by Crippen LogP contribution is 2.20. The van der Waals surface area contributed by atoms with Gasteiger partial charge in [0, 0.05) is 57.4 Å². The summed E-state index contributed by atoms with van der Waals surface area (Å²) in [4.78, 5) is 4.65. The Morgan fingerprint density at radius 3 is 2.63 bits per heavy atom. The van der Waals surface area contributed by atoms with Crippen LogP contribution in [0, 0.1) is 11.6 Å². The second kappa shape index (κ2) is 5.53. The summed E-state index contributed by atoms with van der Waals surface area (Å²) in [5.41, 5.74) is 0.457. The summed E-state index contributed by atoms with van der Waals surface area (Å²) in [6.45, 7) is 6.70. The third-order valence-electron chi connectivity index (χ3n) is 4.03. The lowest BCUT2D eigenvalue weighted by atomic mass is 10.0. The van der Waals surface area contributed by atoms with Crippen molar-refractivity contribution >= 4 is 0 Å². The van der Waals surface area contributed by atoms with E-state index in [4.69, 9.17) is 0 Å². The van der Waals surface area contributed by atoms with Gasteiger partial charge in [-0.2, -0.15) is 0 Å². The van der Waals surface area contributed by atoms with Crippen LogP contribution in [0.1, 0.15) is 5.56 Å². The summed E-state index contributed by atoms with van der Waals surface area (Å²) in [5, 5.41) is 3.34. The zero-order valence-electron chi connectivity index (χ0n) is 10.9. The molecule has 3 rings (SSSR count). The first-order valence-electron chi connectivity index (χ1n) is 6.84. The fourth-order valence-electron chi connectivity index (χ4n) is 2.86. The second-order valence-corrected chi connectivity index (χ2v) is 5.35. The van der Waals surface area contributed by atoms with Gasteiger partial charge in [-0.15, -0.1) is 0 Å². The number of nitrogens with zero attached hydrogens (tertiary/aromatic N) is 2. The average Bonchev–Trinajstić information content (AvgIpc) is 2.39. The standard InChI is InChI=1S/C14H19F2N3/c15-13-3-1-2-11(14(13)16)8-18-9-12(10-18)19-6-4-17-5-7-19/h1-3,12,17H,4-10H2. The lowest BCUT2D eigenvalue weighted by Crippen LogP contribution is -2.62. The number of rotatable bonds is 3. The maximum atomic E-state index is 13.6.